The van der Waals surface area contributed by atoms with E-state index in [4.69, 9.17) is 10.8 Å². The predicted octanol–water partition coefficient (Wildman–Crippen LogP) is 1.05. The number of nitrogen functional groups attached to an aromatic ring is 1. The van der Waals surface area contributed by atoms with Crippen LogP contribution in [0.4, 0.5) is 5.82 Å². The first kappa shape index (κ1) is 11.0. The Kier molecular flexibility index (Phi) is 3.95. The molecule has 0 amide bonds. The molecule has 0 aliphatic heterocycles. The molecule has 0 unspecified atom stereocenters. The maximum absolute atomic E-state index is 8.70. The molecule has 4 heteroatoms. The highest BCUT2D eigenvalue weighted by Gasteiger charge is 2.07. The maximum Gasteiger partial charge on any atom is 0.124 e. The lowest BCUT2D eigenvalue weighted by molar-refractivity contribution is 0.288. The van der Waals surface area contributed by atoms with Crippen molar-refractivity contribution < 1.29 is 5.11 Å². The number of aliphatic hydroxyl groups is 1. The van der Waals surface area contributed by atoms with Crippen LogP contribution >= 0.6 is 0 Å². The molecule has 0 fully saturated rings. The maximum atomic E-state index is 8.70. The van der Waals surface area contributed by atoms with E-state index in [0.717, 1.165) is 30.8 Å². The average molecular weight is 197 g/mol. The van der Waals surface area contributed by atoms with Crippen LogP contribution in [0, 0.1) is 5.92 Å². The first-order valence-electron chi connectivity index (χ1n) is 5.06. The summed E-state index contributed by atoms with van der Waals surface area (Å²) in [6.07, 6.45) is 3.35. The molecule has 14 heavy (non-hydrogen) atoms. The fraction of sp³-hybridized carbons (Fsp3) is 0.700. The number of aromatic nitrogens is 2. The Morgan fingerprint density at radius 3 is 2.86 bits per heavy atom. The van der Waals surface area contributed by atoms with Gasteiger partial charge < -0.3 is 10.8 Å². The zero-order valence-electron chi connectivity index (χ0n) is 8.90. The molecule has 0 saturated heterocycles. The van der Waals surface area contributed by atoms with E-state index in [1.165, 1.54) is 0 Å². The summed E-state index contributed by atoms with van der Waals surface area (Å²) >= 11 is 0. The summed E-state index contributed by atoms with van der Waals surface area (Å²) in [6.45, 7) is 5.32. The van der Waals surface area contributed by atoms with Crippen LogP contribution in [0.1, 0.15) is 25.8 Å². The van der Waals surface area contributed by atoms with Gasteiger partial charge in [0.25, 0.3) is 0 Å². The molecule has 0 bridgehead atoms. The summed E-state index contributed by atoms with van der Waals surface area (Å²) < 4.78 is 1.83. The van der Waals surface area contributed by atoms with Crippen LogP contribution in [-0.4, -0.2) is 21.5 Å². The molecular formula is C10H19N3O. The fourth-order valence-corrected chi connectivity index (χ4v) is 1.39. The van der Waals surface area contributed by atoms with E-state index >= 15 is 0 Å². The van der Waals surface area contributed by atoms with Crippen molar-refractivity contribution in [2.24, 2.45) is 5.92 Å². The quantitative estimate of drug-likeness (QED) is 0.741. The molecule has 3 N–H and O–H groups in total. The van der Waals surface area contributed by atoms with E-state index in [0.29, 0.717) is 5.92 Å². The monoisotopic (exact) mass is 197 g/mol. The molecule has 0 aliphatic carbocycles. The Morgan fingerprint density at radius 1 is 1.57 bits per heavy atom. The van der Waals surface area contributed by atoms with Crippen molar-refractivity contribution in [3.63, 3.8) is 0 Å². The summed E-state index contributed by atoms with van der Waals surface area (Å²) in [5.41, 5.74) is 6.95. The molecule has 4 nitrogen and oxygen atoms in total. The van der Waals surface area contributed by atoms with Gasteiger partial charge in [-0.15, -0.1) is 0 Å². The molecule has 1 aromatic heterocycles. The van der Waals surface area contributed by atoms with Crippen LogP contribution in [0.25, 0.3) is 0 Å². The average Bonchev–Trinajstić information content (AvgIpc) is 2.45. The lowest BCUT2D eigenvalue weighted by Gasteiger charge is -2.07. The molecule has 0 saturated carbocycles. The van der Waals surface area contributed by atoms with Crippen molar-refractivity contribution in [3.05, 3.63) is 11.8 Å². The second-order valence-corrected chi connectivity index (χ2v) is 3.96. The number of aryl methyl sites for hydroxylation is 1. The summed E-state index contributed by atoms with van der Waals surface area (Å²) in [4.78, 5) is 0. The summed E-state index contributed by atoms with van der Waals surface area (Å²) in [5.74, 6) is 1.29. The lowest BCUT2D eigenvalue weighted by atomic mass is 10.2. The number of nitrogens with two attached hydrogens (primary N) is 1. The van der Waals surface area contributed by atoms with Gasteiger partial charge in [-0.3, -0.25) is 0 Å². The molecule has 0 atom stereocenters. The molecule has 1 aromatic rings. The van der Waals surface area contributed by atoms with Crippen LogP contribution in [0.3, 0.4) is 0 Å². The van der Waals surface area contributed by atoms with Crippen molar-refractivity contribution in [1.29, 1.82) is 0 Å². The van der Waals surface area contributed by atoms with Crippen molar-refractivity contribution in [2.75, 3.05) is 12.3 Å². The van der Waals surface area contributed by atoms with Gasteiger partial charge in [-0.2, -0.15) is 5.10 Å². The van der Waals surface area contributed by atoms with Gasteiger partial charge in [0, 0.05) is 18.7 Å². The Bertz CT molecular complexity index is 281. The number of hydrogen-bond donors (Lipinski definition) is 2. The first-order valence-corrected chi connectivity index (χ1v) is 5.06. The van der Waals surface area contributed by atoms with Gasteiger partial charge in [0.05, 0.1) is 6.20 Å². The number of rotatable bonds is 5. The van der Waals surface area contributed by atoms with Crippen molar-refractivity contribution in [2.45, 2.75) is 33.2 Å². The molecule has 80 valence electrons. The van der Waals surface area contributed by atoms with E-state index in [-0.39, 0.29) is 6.61 Å². The molecule has 1 heterocycles. The number of anilines is 1. The number of aliphatic hydroxyl groups excluding tert-OH is 1. The summed E-state index contributed by atoms with van der Waals surface area (Å²) in [5, 5.41) is 12.9. The third-order valence-electron chi connectivity index (χ3n) is 2.10. The predicted molar refractivity (Wildman–Crippen MR) is 56.9 cm³/mol. The SMILES string of the molecule is CC(C)Cn1ncc(CCCO)c1N. The lowest BCUT2D eigenvalue weighted by Crippen LogP contribution is -2.09. The molecule has 1 rings (SSSR count). The standard InChI is InChI=1S/C10H19N3O/c1-8(2)7-13-10(11)9(6-12-13)4-3-5-14/h6,8,14H,3-5,7,11H2,1-2H3. The van der Waals surface area contributed by atoms with Crippen molar-refractivity contribution in [3.8, 4) is 0 Å². The minimum atomic E-state index is 0.203. The molecule has 0 aromatic carbocycles. The van der Waals surface area contributed by atoms with Crippen LogP contribution in [0.15, 0.2) is 6.20 Å². The second-order valence-electron chi connectivity index (χ2n) is 3.96. The van der Waals surface area contributed by atoms with Gasteiger partial charge in [-0.05, 0) is 18.8 Å². The van der Waals surface area contributed by atoms with Gasteiger partial charge in [-0.1, -0.05) is 13.8 Å². The smallest absolute Gasteiger partial charge is 0.124 e. The zero-order chi connectivity index (χ0) is 10.6. The van der Waals surface area contributed by atoms with Gasteiger partial charge in [0.1, 0.15) is 5.82 Å². The molecule has 0 spiro atoms. The Hall–Kier alpha value is -1.03. The van der Waals surface area contributed by atoms with E-state index in [1.54, 1.807) is 6.20 Å². The summed E-state index contributed by atoms with van der Waals surface area (Å²) in [6, 6.07) is 0. The van der Waals surface area contributed by atoms with Gasteiger partial charge in [-0.25, -0.2) is 4.68 Å². The Morgan fingerprint density at radius 2 is 2.29 bits per heavy atom. The van der Waals surface area contributed by atoms with E-state index in [9.17, 15) is 0 Å². The van der Waals surface area contributed by atoms with Crippen molar-refractivity contribution >= 4 is 5.82 Å². The van der Waals surface area contributed by atoms with Crippen LogP contribution < -0.4 is 5.73 Å². The zero-order valence-corrected chi connectivity index (χ0v) is 8.90. The molecule has 0 radical (unpaired) electrons. The van der Waals surface area contributed by atoms with Crippen LogP contribution in [-0.2, 0) is 13.0 Å². The minimum Gasteiger partial charge on any atom is -0.396 e. The number of nitrogens with zero attached hydrogens (tertiary/aromatic N) is 2. The largest absolute Gasteiger partial charge is 0.396 e. The van der Waals surface area contributed by atoms with E-state index in [1.807, 2.05) is 4.68 Å². The summed E-state index contributed by atoms with van der Waals surface area (Å²) in [7, 11) is 0. The number of hydrogen-bond acceptors (Lipinski definition) is 3. The Balaban J connectivity index is 2.65. The van der Waals surface area contributed by atoms with Crippen LogP contribution in [0.5, 0.6) is 0 Å². The van der Waals surface area contributed by atoms with E-state index < -0.39 is 0 Å². The first-order chi connectivity index (χ1) is 6.65. The van der Waals surface area contributed by atoms with Gasteiger partial charge in [0.15, 0.2) is 0 Å². The van der Waals surface area contributed by atoms with Gasteiger partial charge in [0.2, 0.25) is 0 Å². The Labute approximate surface area is 84.7 Å². The third-order valence-corrected chi connectivity index (χ3v) is 2.10. The van der Waals surface area contributed by atoms with Gasteiger partial charge >= 0.3 is 0 Å². The topological polar surface area (TPSA) is 64.1 Å². The fourth-order valence-electron chi connectivity index (χ4n) is 1.39. The van der Waals surface area contributed by atoms with E-state index in [2.05, 4.69) is 18.9 Å². The minimum absolute atomic E-state index is 0.203. The highest BCUT2D eigenvalue weighted by Crippen LogP contribution is 2.14. The highest BCUT2D eigenvalue weighted by molar-refractivity contribution is 5.38. The third kappa shape index (κ3) is 2.73. The molecular weight excluding hydrogens is 178 g/mol. The highest BCUT2D eigenvalue weighted by atomic mass is 16.2. The normalized spacial score (nSPS) is 11.1. The van der Waals surface area contributed by atoms with Crippen LogP contribution in [0.2, 0.25) is 0 Å². The second kappa shape index (κ2) is 5.00. The molecule has 0 aliphatic rings. The van der Waals surface area contributed by atoms with Crippen molar-refractivity contribution in [1.82, 2.24) is 9.78 Å².